The molecule has 130 valence electrons. The molecule has 1 aromatic carbocycles. The van der Waals surface area contributed by atoms with Crippen LogP contribution < -0.4 is 5.32 Å². The van der Waals surface area contributed by atoms with Crippen LogP contribution >= 0.6 is 0 Å². The maximum Gasteiger partial charge on any atom is 0.418 e. The summed E-state index contributed by atoms with van der Waals surface area (Å²) in [6.45, 7) is 0.788. The van der Waals surface area contributed by atoms with E-state index in [1.54, 1.807) is 11.9 Å². The van der Waals surface area contributed by atoms with Crippen molar-refractivity contribution in [2.75, 3.05) is 39.2 Å². The Morgan fingerprint density at radius 1 is 1.39 bits per heavy atom. The molecular formula is C15H21F3N2O3. The number of alkyl halides is 3. The maximum atomic E-state index is 12.8. The van der Waals surface area contributed by atoms with E-state index in [1.807, 2.05) is 0 Å². The standard InChI is InChI=1S/C15H21F3N2O3/c1-20(9-11(21)10-23-2)8-7-14(22)19-13-6-4-3-5-12(13)15(16,17)18/h3-6,11,21H,7-10H2,1-2H3,(H,19,22). The first-order valence-corrected chi connectivity index (χ1v) is 7.05. The smallest absolute Gasteiger partial charge is 0.389 e. The van der Waals surface area contributed by atoms with Crippen LogP contribution in [0.15, 0.2) is 24.3 Å². The normalized spacial score (nSPS) is 13.2. The Hall–Kier alpha value is -1.64. The number of aliphatic hydroxyl groups excluding tert-OH is 1. The molecule has 0 aliphatic heterocycles. The molecule has 0 bridgehead atoms. The van der Waals surface area contributed by atoms with Gasteiger partial charge in [0.1, 0.15) is 0 Å². The second-order valence-corrected chi connectivity index (χ2v) is 5.21. The minimum absolute atomic E-state index is 0.0163. The molecule has 2 N–H and O–H groups in total. The van der Waals surface area contributed by atoms with E-state index < -0.39 is 23.8 Å². The number of anilines is 1. The van der Waals surface area contributed by atoms with Crippen LogP contribution in [0.3, 0.4) is 0 Å². The molecule has 0 fully saturated rings. The number of nitrogens with zero attached hydrogens (tertiary/aromatic N) is 1. The third kappa shape index (κ3) is 6.98. The summed E-state index contributed by atoms with van der Waals surface area (Å²) in [5.41, 5.74) is -1.13. The van der Waals surface area contributed by atoms with Gasteiger partial charge < -0.3 is 20.1 Å². The summed E-state index contributed by atoms with van der Waals surface area (Å²) in [5.74, 6) is -0.519. The van der Waals surface area contributed by atoms with E-state index in [0.717, 1.165) is 6.07 Å². The van der Waals surface area contributed by atoms with Gasteiger partial charge in [0.05, 0.1) is 24.0 Å². The predicted molar refractivity (Wildman–Crippen MR) is 80.1 cm³/mol. The number of methoxy groups -OCH3 is 1. The zero-order chi connectivity index (χ0) is 17.5. The lowest BCUT2D eigenvalue weighted by Crippen LogP contribution is -2.34. The van der Waals surface area contributed by atoms with E-state index in [4.69, 9.17) is 4.74 Å². The van der Waals surface area contributed by atoms with E-state index in [2.05, 4.69) is 5.32 Å². The van der Waals surface area contributed by atoms with Gasteiger partial charge in [0.15, 0.2) is 0 Å². The topological polar surface area (TPSA) is 61.8 Å². The molecule has 1 unspecified atom stereocenters. The number of halogens is 3. The lowest BCUT2D eigenvalue weighted by atomic mass is 10.1. The number of hydrogen-bond acceptors (Lipinski definition) is 4. The van der Waals surface area contributed by atoms with Gasteiger partial charge >= 0.3 is 6.18 Å². The highest BCUT2D eigenvalue weighted by Crippen LogP contribution is 2.34. The van der Waals surface area contributed by atoms with Crippen LogP contribution in [0.5, 0.6) is 0 Å². The fourth-order valence-corrected chi connectivity index (χ4v) is 2.04. The van der Waals surface area contributed by atoms with E-state index in [0.29, 0.717) is 13.1 Å². The van der Waals surface area contributed by atoms with Gasteiger partial charge in [-0.05, 0) is 19.2 Å². The van der Waals surface area contributed by atoms with Gasteiger partial charge in [0.25, 0.3) is 0 Å². The predicted octanol–water partition coefficient (Wildman–Crippen LogP) is 1.97. The Kier molecular flexibility index (Phi) is 7.47. The van der Waals surface area contributed by atoms with Gasteiger partial charge in [-0.15, -0.1) is 0 Å². The van der Waals surface area contributed by atoms with Gasteiger partial charge in [0, 0.05) is 26.6 Å². The summed E-state index contributed by atoms with van der Waals surface area (Å²) >= 11 is 0. The quantitative estimate of drug-likeness (QED) is 0.763. The summed E-state index contributed by atoms with van der Waals surface area (Å²) in [5, 5.41) is 11.8. The Morgan fingerprint density at radius 3 is 2.65 bits per heavy atom. The molecule has 0 saturated heterocycles. The van der Waals surface area contributed by atoms with Crippen LogP contribution in [0.25, 0.3) is 0 Å². The molecule has 0 spiro atoms. The first-order valence-electron chi connectivity index (χ1n) is 7.05. The highest BCUT2D eigenvalue weighted by atomic mass is 19.4. The van der Waals surface area contributed by atoms with E-state index in [9.17, 15) is 23.1 Å². The van der Waals surface area contributed by atoms with Crippen molar-refractivity contribution in [3.63, 3.8) is 0 Å². The van der Waals surface area contributed by atoms with Gasteiger partial charge in [-0.1, -0.05) is 12.1 Å². The second-order valence-electron chi connectivity index (χ2n) is 5.21. The van der Waals surface area contributed by atoms with Crippen molar-refractivity contribution in [1.82, 2.24) is 4.90 Å². The number of amides is 1. The number of para-hydroxylation sites is 1. The number of hydrogen-bond donors (Lipinski definition) is 2. The Balaban J connectivity index is 2.52. The molecule has 0 radical (unpaired) electrons. The van der Waals surface area contributed by atoms with Crippen molar-refractivity contribution in [2.45, 2.75) is 18.7 Å². The van der Waals surface area contributed by atoms with Crippen molar-refractivity contribution in [3.05, 3.63) is 29.8 Å². The number of ether oxygens (including phenoxy) is 1. The lowest BCUT2D eigenvalue weighted by Gasteiger charge is -2.20. The molecular weight excluding hydrogens is 313 g/mol. The van der Waals surface area contributed by atoms with Crippen molar-refractivity contribution in [1.29, 1.82) is 0 Å². The fourth-order valence-electron chi connectivity index (χ4n) is 2.04. The molecule has 1 atom stereocenters. The Labute approximate surface area is 133 Å². The minimum Gasteiger partial charge on any atom is -0.389 e. The zero-order valence-electron chi connectivity index (χ0n) is 13.1. The number of rotatable bonds is 8. The summed E-state index contributed by atoms with van der Waals surface area (Å²) < 4.78 is 43.3. The molecule has 1 rings (SSSR count). The average molecular weight is 334 g/mol. The van der Waals surface area contributed by atoms with Crippen LogP contribution in [-0.2, 0) is 15.7 Å². The fraction of sp³-hybridized carbons (Fsp3) is 0.533. The number of carbonyl (C=O) groups excluding carboxylic acids is 1. The summed E-state index contributed by atoms with van der Waals surface area (Å²) in [4.78, 5) is 13.5. The molecule has 1 amide bonds. The molecule has 8 heteroatoms. The summed E-state index contributed by atoms with van der Waals surface area (Å²) in [7, 11) is 3.17. The number of aliphatic hydroxyl groups is 1. The van der Waals surface area contributed by atoms with Crippen molar-refractivity contribution in [3.8, 4) is 0 Å². The van der Waals surface area contributed by atoms with Crippen LogP contribution in [-0.4, -0.2) is 55.9 Å². The second kappa shape index (κ2) is 8.85. The van der Waals surface area contributed by atoms with Crippen LogP contribution in [0, 0.1) is 0 Å². The number of carbonyl (C=O) groups is 1. The van der Waals surface area contributed by atoms with Crippen LogP contribution in [0.2, 0.25) is 0 Å². The molecule has 0 aliphatic carbocycles. The molecule has 0 aromatic heterocycles. The van der Waals surface area contributed by atoms with Gasteiger partial charge in [-0.3, -0.25) is 4.79 Å². The number of nitrogens with one attached hydrogen (secondary N) is 1. The third-order valence-corrected chi connectivity index (χ3v) is 3.11. The van der Waals surface area contributed by atoms with E-state index in [1.165, 1.54) is 25.3 Å². The molecule has 0 aliphatic rings. The monoisotopic (exact) mass is 334 g/mol. The van der Waals surface area contributed by atoms with Crippen molar-refractivity contribution < 1.29 is 27.8 Å². The minimum atomic E-state index is -4.52. The first kappa shape index (κ1) is 19.4. The summed E-state index contributed by atoms with van der Waals surface area (Å²) in [6, 6.07) is 4.83. The molecule has 23 heavy (non-hydrogen) atoms. The molecule has 0 heterocycles. The summed E-state index contributed by atoms with van der Waals surface area (Å²) in [6.07, 6.45) is -5.19. The number of benzene rings is 1. The van der Waals surface area contributed by atoms with Gasteiger partial charge in [-0.2, -0.15) is 13.2 Å². The van der Waals surface area contributed by atoms with E-state index in [-0.39, 0.29) is 18.7 Å². The highest BCUT2D eigenvalue weighted by Gasteiger charge is 2.33. The largest absolute Gasteiger partial charge is 0.418 e. The number of likely N-dealkylation sites (N-methyl/N-ethyl adjacent to an activating group) is 1. The average Bonchev–Trinajstić information content (AvgIpc) is 2.45. The van der Waals surface area contributed by atoms with Crippen molar-refractivity contribution >= 4 is 11.6 Å². The maximum absolute atomic E-state index is 12.8. The molecule has 0 saturated carbocycles. The highest BCUT2D eigenvalue weighted by molar-refractivity contribution is 5.91. The van der Waals surface area contributed by atoms with E-state index >= 15 is 0 Å². The molecule has 5 nitrogen and oxygen atoms in total. The molecule has 1 aromatic rings. The van der Waals surface area contributed by atoms with Crippen LogP contribution in [0.1, 0.15) is 12.0 Å². The SMILES string of the molecule is COCC(O)CN(C)CCC(=O)Nc1ccccc1C(F)(F)F. The van der Waals surface area contributed by atoms with Gasteiger partial charge in [-0.25, -0.2) is 0 Å². The lowest BCUT2D eigenvalue weighted by molar-refractivity contribution is -0.137. The van der Waals surface area contributed by atoms with Crippen LogP contribution in [0.4, 0.5) is 18.9 Å². The third-order valence-electron chi connectivity index (χ3n) is 3.11. The Morgan fingerprint density at radius 2 is 2.04 bits per heavy atom. The van der Waals surface area contributed by atoms with Gasteiger partial charge in [0.2, 0.25) is 5.91 Å². The zero-order valence-corrected chi connectivity index (χ0v) is 13.1. The first-order chi connectivity index (χ1) is 10.7. The van der Waals surface area contributed by atoms with Crippen molar-refractivity contribution in [2.24, 2.45) is 0 Å². The Bertz CT molecular complexity index is 509.